The highest BCUT2D eigenvalue weighted by Gasteiger charge is 2.26. The number of aliphatic hydroxyl groups is 1. The van der Waals surface area contributed by atoms with Crippen LogP contribution in [0, 0.1) is 5.92 Å². The third-order valence-corrected chi connectivity index (χ3v) is 7.33. The number of urea groups is 1. The standard InChI is InChI=1S/C33H39N7O4/c1-21(20-41)17-36-31(42)28-14-23-13-25(11-10-22(23)18-35-28)40-30(16-29(39-40)33(2,3)4)38-32(43)37-24-7-5-8-26(15-24)44-27-9-6-12-34-19-27/h5-13,15-16,19,21,28,35,41H,14,17-18,20H2,1-4H3,(H,36,42)(H2,37,38,43). The molecule has 0 saturated heterocycles. The van der Waals surface area contributed by atoms with E-state index in [9.17, 15) is 14.7 Å². The number of fused-ring (bicyclic) bond motifs is 1. The average Bonchev–Trinajstić information content (AvgIpc) is 3.44. The van der Waals surface area contributed by atoms with E-state index >= 15 is 0 Å². The number of aliphatic hydroxyl groups excluding tert-OH is 1. The summed E-state index contributed by atoms with van der Waals surface area (Å²) in [5.41, 5.74) is 4.02. The minimum atomic E-state index is -0.430. The van der Waals surface area contributed by atoms with Crippen molar-refractivity contribution in [2.24, 2.45) is 5.92 Å². The fourth-order valence-corrected chi connectivity index (χ4v) is 4.77. The highest BCUT2D eigenvalue weighted by molar-refractivity contribution is 5.99. The zero-order valence-corrected chi connectivity index (χ0v) is 25.4. The van der Waals surface area contributed by atoms with E-state index in [0.717, 1.165) is 22.5 Å². The summed E-state index contributed by atoms with van der Waals surface area (Å²) in [5.74, 6) is 1.57. The maximum atomic E-state index is 13.2. The van der Waals surface area contributed by atoms with Gasteiger partial charge in [-0.25, -0.2) is 9.48 Å². The number of amides is 3. The second-order valence-corrected chi connectivity index (χ2v) is 12.1. The molecule has 11 nitrogen and oxygen atoms in total. The summed E-state index contributed by atoms with van der Waals surface area (Å²) < 4.78 is 7.57. The van der Waals surface area contributed by atoms with Crippen molar-refractivity contribution in [3.05, 3.63) is 89.9 Å². The van der Waals surface area contributed by atoms with E-state index in [1.54, 1.807) is 53.5 Å². The molecule has 0 saturated carbocycles. The van der Waals surface area contributed by atoms with Crippen LogP contribution < -0.4 is 26.0 Å². The van der Waals surface area contributed by atoms with Crippen molar-refractivity contribution in [1.82, 2.24) is 25.4 Å². The number of nitrogens with one attached hydrogen (secondary N) is 4. The lowest BCUT2D eigenvalue weighted by molar-refractivity contribution is -0.123. The number of anilines is 2. The zero-order chi connectivity index (χ0) is 31.3. The molecule has 4 aromatic rings. The van der Waals surface area contributed by atoms with E-state index < -0.39 is 6.03 Å². The second kappa shape index (κ2) is 13.3. The highest BCUT2D eigenvalue weighted by Crippen LogP contribution is 2.29. The number of benzene rings is 2. The lowest BCUT2D eigenvalue weighted by Crippen LogP contribution is -2.48. The summed E-state index contributed by atoms with van der Waals surface area (Å²) in [6.45, 7) is 9.08. The summed E-state index contributed by atoms with van der Waals surface area (Å²) in [6, 6.07) is 17.8. The van der Waals surface area contributed by atoms with Gasteiger partial charge >= 0.3 is 6.03 Å². The van der Waals surface area contributed by atoms with Crippen LogP contribution in [0.4, 0.5) is 16.3 Å². The lowest BCUT2D eigenvalue weighted by atomic mass is 9.92. The van der Waals surface area contributed by atoms with Crippen molar-refractivity contribution >= 4 is 23.4 Å². The molecular formula is C33H39N7O4. The number of hydrogen-bond acceptors (Lipinski definition) is 7. The van der Waals surface area contributed by atoms with Crippen LogP contribution >= 0.6 is 0 Å². The summed E-state index contributed by atoms with van der Waals surface area (Å²) in [6.07, 6.45) is 3.80. The first kappa shape index (κ1) is 30.7. The Hall–Kier alpha value is -4.74. The Balaban J connectivity index is 1.33. The predicted molar refractivity (Wildman–Crippen MR) is 169 cm³/mol. The van der Waals surface area contributed by atoms with Crippen molar-refractivity contribution in [3.8, 4) is 17.2 Å². The van der Waals surface area contributed by atoms with Gasteiger partial charge < -0.3 is 25.8 Å². The minimum Gasteiger partial charge on any atom is -0.456 e. The Morgan fingerprint density at radius 2 is 1.89 bits per heavy atom. The minimum absolute atomic E-state index is 0.00880. The lowest BCUT2D eigenvalue weighted by Gasteiger charge is -2.26. The Morgan fingerprint density at radius 3 is 2.64 bits per heavy atom. The second-order valence-electron chi connectivity index (χ2n) is 12.1. The molecule has 0 spiro atoms. The first-order chi connectivity index (χ1) is 21.1. The molecule has 1 aliphatic heterocycles. The van der Waals surface area contributed by atoms with E-state index in [4.69, 9.17) is 9.84 Å². The number of hydrogen-bond donors (Lipinski definition) is 5. The van der Waals surface area contributed by atoms with Gasteiger partial charge in [0, 0.05) is 49.1 Å². The van der Waals surface area contributed by atoms with Crippen LogP contribution in [-0.2, 0) is 23.2 Å². The molecule has 230 valence electrons. The third kappa shape index (κ3) is 7.61. The van der Waals surface area contributed by atoms with Crippen molar-refractivity contribution in [2.45, 2.75) is 52.1 Å². The predicted octanol–water partition coefficient (Wildman–Crippen LogP) is 4.76. The maximum Gasteiger partial charge on any atom is 0.324 e. The highest BCUT2D eigenvalue weighted by atomic mass is 16.5. The Labute approximate surface area is 257 Å². The largest absolute Gasteiger partial charge is 0.456 e. The third-order valence-electron chi connectivity index (χ3n) is 7.33. The van der Waals surface area contributed by atoms with Crippen molar-refractivity contribution in [2.75, 3.05) is 23.8 Å². The monoisotopic (exact) mass is 597 g/mol. The van der Waals surface area contributed by atoms with Gasteiger partial charge in [0.1, 0.15) is 17.3 Å². The topological polar surface area (TPSA) is 142 Å². The molecule has 2 unspecified atom stereocenters. The van der Waals surface area contributed by atoms with Crippen molar-refractivity contribution in [3.63, 3.8) is 0 Å². The summed E-state index contributed by atoms with van der Waals surface area (Å²) >= 11 is 0. The van der Waals surface area contributed by atoms with Crippen LogP contribution in [0.15, 0.2) is 73.1 Å². The van der Waals surface area contributed by atoms with Crippen molar-refractivity contribution in [1.29, 1.82) is 0 Å². The Kier molecular flexibility index (Phi) is 9.26. The molecule has 3 amide bonds. The van der Waals surface area contributed by atoms with Crippen LogP contribution in [-0.4, -0.2) is 51.0 Å². The summed E-state index contributed by atoms with van der Waals surface area (Å²) in [7, 11) is 0. The number of carbonyl (C=O) groups excluding carboxylic acids is 2. The van der Waals surface area contributed by atoms with Gasteiger partial charge in [-0.1, -0.05) is 39.8 Å². The molecule has 2 aromatic heterocycles. The summed E-state index contributed by atoms with van der Waals surface area (Å²) in [4.78, 5) is 30.1. The van der Waals surface area contributed by atoms with Gasteiger partial charge in [0.15, 0.2) is 0 Å². The van der Waals surface area contributed by atoms with Gasteiger partial charge in [0.25, 0.3) is 0 Å². The number of ether oxygens (including phenoxy) is 1. The van der Waals surface area contributed by atoms with Crippen LogP contribution in [0.3, 0.4) is 0 Å². The number of rotatable bonds is 9. The summed E-state index contributed by atoms with van der Waals surface area (Å²) in [5, 5.41) is 26.2. The van der Waals surface area contributed by atoms with E-state index in [0.29, 0.717) is 42.5 Å². The SMILES string of the molecule is CC(CO)CNC(=O)C1Cc2cc(-n3nc(C(C)(C)C)cc3NC(=O)Nc3cccc(Oc4cccnc4)c3)ccc2CN1. The number of carbonyl (C=O) groups is 2. The van der Waals surface area contributed by atoms with Gasteiger partial charge in [-0.2, -0.15) is 5.10 Å². The molecule has 5 rings (SSSR count). The van der Waals surface area contributed by atoms with Crippen LogP contribution in [0.5, 0.6) is 11.5 Å². The molecule has 0 radical (unpaired) electrons. The quantitative estimate of drug-likeness (QED) is 0.187. The first-order valence-electron chi connectivity index (χ1n) is 14.7. The first-order valence-corrected chi connectivity index (χ1v) is 14.7. The van der Waals surface area contributed by atoms with Crippen LogP contribution in [0.1, 0.15) is 44.5 Å². The van der Waals surface area contributed by atoms with Gasteiger partial charge in [0.2, 0.25) is 5.91 Å². The molecule has 2 atom stereocenters. The normalized spacial score (nSPS) is 15.2. The Bertz CT molecular complexity index is 1610. The van der Waals surface area contributed by atoms with Gasteiger partial charge in [0.05, 0.1) is 23.6 Å². The Morgan fingerprint density at radius 1 is 1.07 bits per heavy atom. The zero-order valence-electron chi connectivity index (χ0n) is 25.4. The smallest absolute Gasteiger partial charge is 0.324 e. The van der Waals surface area contributed by atoms with Gasteiger partial charge in [-0.05, 0) is 59.9 Å². The maximum absolute atomic E-state index is 13.2. The fourth-order valence-electron chi connectivity index (χ4n) is 4.77. The van der Waals surface area contributed by atoms with E-state index in [2.05, 4.69) is 47.0 Å². The molecular weight excluding hydrogens is 558 g/mol. The fraction of sp³-hybridized carbons (Fsp3) is 0.333. The van der Waals surface area contributed by atoms with E-state index in [-0.39, 0.29) is 29.9 Å². The number of pyridine rings is 1. The average molecular weight is 598 g/mol. The molecule has 1 aliphatic rings. The number of aromatic nitrogens is 3. The van der Waals surface area contributed by atoms with Crippen LogP contribution in [0.25, 0.3) is 5.69 Å². The molecule has 0 bridgehead atoms. The molecule has 3 heterocycles. The van der Waals surface area contributed by atoms with E-state index in [1.165, 1.54) is 0 Å². The molecule has 0 aliphatic carbocycles. The van der Waals surface area contributed by atoms with Gasteiger partial charge in [-0.3, -0.25) is 15.1 Å². The molecule has 5 N–H and O–H groups in total. The van der Waals surface area contributed by atoms with Crippen LogP contribution in [0.2, 0.25) is 0 Å². The molecule has 44 heavy (non-hydrogen) atoms. The molecule has 11 heteroatoms. The number of nitrogens with zero attached hydrogens (tertiary/aromatic N) is 3. The molecule has 0 fully saturated rings. The van der Waals surface area contributed by atoms with Crippen molar-refractivity contribution < 1.29 is 19.4 Å². The van der Waals surface area contributed by atoms with E-state index in [1.807, 2.05) is 31.2 Å². The van der Waals surface area contributed by atoms with Gasteiger partial charge in [-0.15, -0.1) is 0 Å². The molecule has 2 aromatic carbocycles.